The van der Waals surface area contributed by atoms with Crippen molar-refractivity contribution < 1.29 is 19.4 Å². The summed E-state index contributed by atoms with van der Waals surface area (Å²) in [5, 5.41) is 22.7. The number of nitrogens with zero attached hydrogens (tertiary/aromatic N) is 3. The molecule has 0 atom stereocenters. The molecule has 5 rings (SSSR count). The molecule has 11 heteroatoms. The number of methoxy groups -OCH3 is 1. The summed E-state index contributed by atoms with van der Waals surface area (Å²) in [6.45, 7) is 0. The normalized spacial score (nSPS) is 13.1. The molecule has 4 aromatic rings. The molecule has 9 nitrogen and oxygen atoms in total. The summed E-state index contributed by atoms with van der Waals surface area (Å²) < 4.78 is 7.19. The fourth-order valence-corrected chi connectivity index (χ4v) is 5.05. The molecular weight excluding hydrogens is 502 g/mol. The number of fused-ring (bicyclic) bond motifs is 1. The lowest BCUT2D eigenvalue weighted by Gasteiger charge is -2.15. The zero-order valence-electron chi connectivity index (χ0n) is 19.2. The van der Waals surface area contributed by atoms with Crippen molar-refractivity contribution in [2.75, 3.05) is 23.9 Å². The summed E-state index contributed by atoms with van der Waals surface area (Å²) in [4.78, 5) is 23.7. The maximum Gasteiger partial charge on any atom is 0.335 e. The van der Waals surface area contributed by atoms with Crippen LogP contribution in [-0.4, -0.2) is 44.6 Å². The lowest BCUT2D eigenvalue weighted by atomic mass is 9.99. The molecule has 1 aliphatic carbocycles. The number of carbonyl (C=O) groups excluding carboxylic acids is 1. The average molecular weight is 524 g/mol. The van der Waals surface area contributed by atoms with Crippen LogP contribution in [0.25, 0.3) is 16.5 Å². The first-order chi connectivity index (χ1) is 17.4. The van der Waals surface area contributed by atoms with E-state index >= 15 is 0 Å². The molecule has 0 spiro atoms. The number of aromatic carboxylic acids is 1. The van der Waals surface area contributed by atoms with Crippen LogP contribution in [0.15, 0.2) is 53.7 Å². The number of aromatic nitrogens is 3. The van der Waals surface area contributed by atoms with Gasteiger partial charge < -0.3 is 20.9 Å². The van der Waals surface area contributed by atoms with E-state index in [2.05, 4.69) is 27.6 Å². The van der Waals surface area contributed by atoms with E-state index in [0.29, 0.717) is 16.8 Å². The van der Waals surface area contributed by atoms with Crippen molar-refractivity contribution in [3.8, 4) is 11.4 Å². The quantitative estimate of drug-likeness (QED) is 0.276. The highest BCUT2D eigenvalue weighted by Crippen LogP contribution is 2.45. The Labute approximate surface area is 215 Å². The minimum absolute atomic E-state index is 0.0105. The second kappa shape index (κ2) is 9.71. The number of hydrogen-bond acceptors (Lipinski definition) is 7. The maximum absolute atomic E-state index is 12.6. The second-order valence-electron chi connectivity index (χ2n) is 8.37. The van der Waals surface area contributed by atoms with Crippen molar-refractivity contribution in [3.05, 3.63) is 64.7 Å². The van der Waals surface area contributed by atoms with Gasteiger partial charge in [0.2, 0.25) is 11.9 Å². The third-order valence-corrected chi connectivity index (χ3v) is 7.22. The summed E-state index contributed by atoms with van der Waals surface area (Å²) >= 11 is 7.30. The van der Waals surface area contributed by atoms with Gasteiger partial charge in [0.1, 0.15) is 5.75 Å². The van der Waals surface area contributed by atoms with Gasteiger partial charge >= 0.3 is 5.97 Å². The zero-order chi connectivity index (χ0) is 25.4. The fraction of sp³-hybridized carbons (Fsp3) is 0.200. The number of nitrogen functional groups attached to an aromatic ring is 1. The van der Waals surface area contributed by atoms with Crippen LogP contribution in [0.1, 0.15) is 34.7 Å². The summed E-state index contributed by atoms with van der Waals surface area (Å²) in [6.07, 6.45) is 2.35. The topological polar surface area (TPSA) is 132 Å². The second-order valence-corrected chi connectivity index (χ2v) is 9.72. The Morgan fingerprint density at radius 3 is 2.67 bits per heavy atom. The Morgan fingerprint density at radius 1 is 1.17 bits per heavy atom. The van der Waals surface area contributed by atoms with Gasteiger partial charge in [-0.3, -0.25) is 9.36 Å². The number of anilines is 2. The first kappa shape index (κ1) is 24.0. The van der Waals surface area contributed by atoms with Crippen LogP contribution in [0.2, 0.25) is 5.02 Å². The molecule has 0 unspecified atom stereocenters. The van der Waals surface area contributed by atoms with Gasteiger partial charge in [0.05, 0.1) is 34.8 Å². The first-order valence-electron chi connectivity index (χ1n) is 11.1. The smallest absolute Gasteiger partial charge is 0.335 e. The van der Waals surface area contributed by atoms with Gasteiger partial charge in [-0.25, -0.2) is 4.79 Å². The van der Waals surface area contributed by atoms with Crippen LogP contribution >= 0.6 is 23.4 Å². The molecule has 0 radical (unpaired) electrons. The molecular formula is C25H22ClN5O4S. The lowest BCUT2D eigenvalue weighted by molar-refractivity contribution is -0.113. The molecule has 1 fully saturated rings. The van der Waals surface area contributed by atoms with Crippen molar-refractivity contribution in [1.29, 1.82) is 0 Å². The van der Waals surface area contributed by atoms with E-state index in [1.165, 1.54) is 48.4 Å². The molecule has 0 saturated heterocycles. The van der Waals surface area contributed by atoms with E-state index in [4.69, 9.17) is 27.2 Å². The first-order valence-corrected chi connectivity index (χ1v) is 12.5. The molecule has 3 aromatic carbocycles. The van der Waals surface area contributed by atoms with E-state index < -0.39 is 5.97 Å². The molecule has 184 valence electrons. The zero-order valence-corrected chi connectivity index (χ0v) is 20.8. The molecule has 0 aliphatic heterocycles. The summed E-state index contributed by atoms with van der Waals surface area (Å²) in [5.41, 5.74) is 8.66. The molecule has 0 bridgehead atoms. The van der Waals surface area contributed by atoms with E-state index in [1.807, 2.05) is 18.2 Å². The van der Waals surface area contributed by atoms with Crippen molar-refractivity contribution >= 4 is 57.6 Å². The van der Waals surface area contributed by atoms with Crippen molar-refractivity contribution in [1.82, 2.24) is 14.8 Å². The van der Waals surface area contributed by atoms with Crippen LogP contribution < -0.4 is 15.8 Å². The molecule has 1 aliphatic rings. The van der Waals surface area contributed by atoms with Crippen LogP contribution in [0, 0.1) is 0 Å². The van der Waals surface area contributed by atoms with E-state index in [0.717, 1.165) is 22.2 Å². The lowest BCUT2D eigenvalue weighted by Crippen LogP contribution is -2.15. The Morgan fingerprint density at radius 2 is 1.97 bits per heavy atom. The number of ether oxygens (including phenoxy) is 1. The molecule has 36 heavy (non-hydrogen) atoms. The number of benzene rings is 3. The predicted octanol–water partition coefficient (Wildman–Crippen LogP) is 4.97. The number of nitrogens with one attached hydrogen (secondary N) is 1. The monoisotopic (exact) mass is 523 g/mol. The highest BCUT2D eigenvalue weighted by Gasteiger charge is 2.27. The summed E-state index contributed by atoms with van der Waals surface area (Å²) in [6, 6.07) is 14.2. The number of carboxylic acid groups (broad SMARTS) is 1. The summed E-state index contributed by atoms with van der Waals surface area (Å²) in [5.74, 6) is 0.0564. The van der Waals surface area contributed by atoms with Crippen LogP contribution in [0.4, 0.5) is 11.6 Å². The Hall–Kier alpha value is -3.76. The van der Waals surface area contributed by atoms with Gasteiger partial charge in [-0.15, -0.1) is 10.2 Å². The van der Waals surface area contributed by atoms with Gasteiger partial charge in [-0.1, -0.05) is 35.5 Å². The Bertz CT molecular complexity index is 1500. The average Bonchev–Trinajstić information content (AvgIpc) is 3.65. The number of amides is 1. The van der Waals surface area contributed by atoms with Gasteiger partial charge in [0, 0.05) is 5.39 Å². The number of thioether (sulfide) groups is 1. The molecule has 1 heterocycles. The number of halogens is 1. The Balaban J connectivity index is 1.41. The third kappa shape index (κ3) is 4.69. The van der Waals surface area contributed by atoms with Crippen LogP contribution in [0.3, 0.4) is 0 Å². The van der Waals surface area contributed by atoms with Crippen molar-refractivity contribution in [2.45, 2.75) is 23.9 Å². The molecule has 1 amide bonds. The molecule has 1 saturated carbocycles. The van der Waals surface area contributed by atoms with Crippen molar-refractivity contribution in [3.63, 3.8) is 0 Å². The minimum Gasteiger partial charge on any atom is -0.497 e. The number of carbonyl (C=O) groups is 2. The highest BCUT2D eigenvalue weighted by molar-refractivity contribution is 7.99. The van der Waals surface area contributed by atoms with Gasteiger partial charge in [-0.2, -0.15) is 0 Å². The number of carboxylic acids is 1. The van der Waals surface area contributed by atoms with Crippen LogP contribution in [0.5, 0.6) is 5.75 Å². The highest BCUT2D eigenvalue weighted by atomic mass is 35.5. The SMILES string of the molecule is COc1ccc2c(C3CC3)ccc(-n3c(N)nnc3SCC(=O)Nc3ccc(C(=O)O)cc3Cl)c2c1. The van der Waals surface area contributed by atoms with Gasteiger partial charge in [0.25, 0.3) is 0 Å². The van der Waals surface area contributed by atoms with Gasteiger partial charge in [0.15, 0.2) is 5.16 Å². The fourth-order valence-electron chi connectivity index (χ4n) is 4.07. The van der Waals surface area contributed by atoms with E-state index in [1.54, 1.807) is 11.7 Å². The van der Waals surface area contributed by atoms with E-state index in [9.17, 15) is 9.59 Å². The predicted molar refractivity (Wildman–Crippen MR) is 140 cm³/mol. The number of rotatable bonds is 8. The standard InChI is InChI=1S/C25H22ClN5O4S/c1-35-15-5-6-17-16(13-2-3-13)7-9-21(18(17)11-15)31-24(27)29-30-25(31)36-12-22(32)28-20-8-4-14(23(33)34)10-19(20)26/h4-11,13H,2-3,12H2,1H3,(H2,27,29)(H,28,32)(H,33,34). The molecule has 4 N–H and O–H groups in total. The van der Waals surface area contributed by atoms with Crippen LogP contribution in [-0.2, 0) is 4.79 Å². The summed E-state index contributed by atoms with van der Waals surface area (Å²) in [7, 11) is 1.63. The molecule has 1 aromatic heterocycles. The number of nitrogens with two attached hydrogens (primary N) is 1. The van der Waals surface area contributed by atoms with Gasteiger partial charge in [-0.05, 0) is 66.1 Å². The largest absolute Gasteiger partial charge is 0.497 e. The van der Waals surface area contributed by atoms with Crippen molar-refractivity contribution in [2.24, 2.45) is 0 Å². The van der Waals surface area contributed by atoms with E-state index in [-0.39, 0.29) is 28.2 Å². The minimum atomic E-state index is -1.10. The third-order valence-electron chi connectivity index (χ3n) is 5.97. The Kier molecular flexibility index (Phi) is 6.46. The maximum atomic E-state index is 12.6. The number of hydrogen-bond donors (Lipinski definition) is 3.